The van der Waals surface area contributed by atoms with Crippen LogP contribution in [0.5, 0.6) is 11.5 Å². The van der Waals surface area contributed by atoms with Crippen molar-refractivity contribution in [3.63, 3.8) is 0 Å². The molecule has 0 aliphatic rings. The minimum atomic E-state index is -0.416. The lowest BCUT2D eigenvalue weighted by atomic mass is 10.2. The summed E-state index contributed by atoms with van der Waals surface area (Å²) < 4.78 is 4.99. The van der Waals surface area contributed by atoms with Crippen molar-refractivity contribution in [2.75, 3.05) is 7.11 Å². The van der Waals surface area contributed by atoms with Crippen molar-refractivity contribution >= 4 is 46.4 Å². The topological polar surface area (TPSA) is 99.6 Å². The zero-order chi connectivity index (χ0) is 22.0. The molecule has 0 atom stereocenters. The van der Waals surface area contributed by atoms with Crippen LogP contribution in [0.2, 0.25) is 10.0 Å². The van der Waals surface area contributed by atoms with E-state index >= 15 is 0 Å². The molecular formula is C22H16Cl2N4O3. The Kier molecular flexibility index (Phi) is 5.79. The molecule has 31 heavy (non-hydrogen) atoms. The zero-order valence-electron chi connectivity index (χ0n) is 16.2. The molecule has 7 nitrogen and oxygen atoms in total. The third-order valence-electron chi connectivity index (χ3n) is 4.57. The number of nitrogens with one attached hydrogen (secondary N) is 2. The van der Waals surface area contributed by atoms with Crippen LogP contribution in [0.25, 0.3) is 22.4 Å². The first-order chi connectivity index (χ1) is 15.0. The van der Waals surface area contributed by atoms with Crippen LogP contribution >= 0.6 is 23.2 Å². The molecule has 3 N–H and O–H groups in total. The molecule has 1 amide bonds. The minimum Gasteiger partial charge on any atom is -0.503 e. The molecule has 4 rings (SSSR count). The van der Waals surface area contributed by atoms with Crippen LogP contribution in [-0.4, -0.2) is 34.3 Å². The van der Waals surface area contributed by atoms with Crippen LogP contribution in [0.3, 0.4) is 0 Å². The van der Waals surface area contributed by atoms with Gasteiger partial charge in [0.15, 0.2) is 11.5 Å². The van der Waals surface area contributed by atoms with Gasteiger partial charge in [-0.2, -0.15) is 5.10 Å². The summed E-state index contributed by atoms with van der Waals surface area (Å²) in [6, 6.07) is 15.6. The van der Waals surface area contributed by atoms with Crippen LogP contribution in [0, 0.1) is 0 Å². The highest BCUT2D eigenvalue weighted by atomic mass is 35.5. The molecule has 156 valence electrons. The molecular weight excluding hydrogens is 439 g/mol. The number of phenolic OH excluding ortho intramolecular Hbond substituents is 1. The number of hydrazone groups is 1. The number of aromatic hydroxyl groups is 1. The number of rotatable bonds is 5. The van der Waals surface area contributed by atoms with E-state index < -0.39 is 5.91 Å². The molecule has 0 unspecified atom stereocenters. The molecule has 0 saturated carbocycles. The maximum absolute atomic E-state index is 12.5. The number of halogens is 2. The number of aromatic amines is 1. The highest BCUT2D eigenvalue weighted by Gasteiger charge is 2.12. The summed E-state index contributed by atoms with van der Waals surface area (Å²) in [6.07, 6.45) is 1.34. The second-order valence-corrected chi connectivity index (χ2v) is 7.30. The van der Waals surface area contributed by atoms with Crippen molar-refractivity contribution in [1.29, 1.82) is 0 Å². The van der Waals surface area contributed by atoms with Crippen molar-refractivity contribution < 1.29 is 14.6 Å². The van der Waals surface area contributed by atoms with E-state index in [4.69, 9.17) is 27.9 Å². The predicted molar refractivity (Wildman–Crippen MR) is 121 cm³/mol. The number of hydrogen-bond donors (Lipinski definition) is 3. The number of amides is 1. The van der Waals surface area contributed by atoms with Gasteiger partial charge in [-0.1, -0.05) is 35.3 Å². The molecule has 0 bridgehead atoms. The van der Waals surface area contributed by atoms with E-state index in [0.717, 1.165) is 5.56 Å². The van der Waals surface area contributed by atoms with Gasteiger partial charge in [0.1, 0.15) is 5.82 Å². The fourth-order valence-electron chi connectivity index (χ4n) is 2.98. The monoisotopic (exact) mass is 454 g/mol. The van der Waals surface area contributed by atoms with E-state index in [1.807, 2.05) is 18.2 Å². The largest absolute Gasteiger partial charge is 0.503 e. The van der Waals surface area contributed by atoms with Crippen LogP contribution in [0.15, 0.2) is 59.7 Å². The lowest BCUT2D eigenvalue weighted by Crippen LogP contribution is -2.17. The lowest BCUT2D eigenvalue weighted by molar-refractivity contribution is 0.0955. The van der Waals surface area contributed by atoms with Gasteiger partial charge in [0.25, 0.3) is 5.91 Å². The second kappa shape index (κ2) is 8.67. The van der Waals surface area contributed by atoms with Gasteiger partial charge in [-0.25, -0.2) is 10.4 Å². The summed E-state index contributed by atoms with van der Waals surface area (Å²) in [4.78, 5) is 20.2. The number of benzene rings is 3. The normalized spacial score (nSPS) is 11.2. The molecule has 1 heterocycles. The molecule has 0 aliphatic heterocycles. The summed E-state index contributed by atoms with van der Waals surface area (Å²) in [5.41, 5.74) is 5.42. The number of carbonyl (C=O) groups is 1. The molecule has 0 spiro atoms. The zero-order valence-corrected chi connectivity index (χ0v) is 17.7. The number of methoxy groups -OCH3 is 1. The van der Waals surface area contributed by atoms with Gasteiger partial charge in [0.2, 0.25) is 0 Å². The smallest absolute Gasteiger partial charge is 0.271 e. The van der Waals surface area contributed by atoms with Crippen molar-refractivity contribution in [3.8, 4) is 22.9 Å². The quantitative estimate of drug-likeness (QED) is 0.291. The summed E-state index contributed by atoms with van der Waals surface area (Å²) in [6.45, 7) is 0. The van der Waals surface area contributed by atoms with E-state index in [-0.39, 0.29) is 16.5 Å². The fraction of sp³-hybridized carbons (Fsp3) is 0.0455. The average molecular weight is 455 g/mol. The van der Waals surface area contributed by atoms with E-state index in [1.165, 1.54) is 13.3 Å². The van der Waals surface area contributed by atoms with Crippen LogP contribution < -0.4 is 10.2 Å². The number of H-pyrrole nitrogens is 1. The third kappa shape index (κ3) is 4.19. The first-order valence-corrected chi connectivity index (χ1v) is 9.87. The Balaban J connectivity index is 1.52. The van der Waals surface area contributed by atoms with Crippen molar-refractivity contribution in [1.82, 2.24) is 15.4 Å². The molecule has 0 saturated heterocycles. The van der Waals surface area contributed by atoms with Crippen molar-refractivity contribution in [2.24, 2.45) is 5.10 Å². The Bertz CT molecular complexity index is 1320. The summed E-state index contributed by atoms with van der Waals surface area (Å²) in [5.74, 6) is 0.250. The molecule has 1 aromatic heterocycles. The number of aromatic nitrogens is 2. The van der Waals surface area contributed by atoms with Crippen molar-refractivity contribution in [2.45, 2.75) is 0 Å². The number of fused-ring (bicyclic) bond motifs is 1. The first kappa shape index (κ1) is 20.7. The highest BCUT2D eigenvalue weighted by molar-refractivity contribution is 6.34. The number of ether oxygens (including phenoxy) is 1. The van der Waals surface area contributed by atoms with E-state index in [9.17, 15) is 9.90 Å². The standard InChI is InChI=1S/C22H16Cl2N4O3/c1-31-18-9-7-13(19(24)20(18)29)11-25-28-22(30)12-6-8-16-17(10-12)27-21(26-16)14-4-2-3-5-15(14)23/h2-11,29H,1H3,(H,26,27)(H,28,30)/b25-11+. The Morgan fingerprint density at radius 2 is 2.00 bits per heavy atom. The van der Waals surface area contributed by atoms with Gasteiger partial charge in [-0.15, -0.1) is 0 Å². The van der Waals surface area contributed by atoms with Crippen LogP contribution in [-0.2, 0) is 0 Å². The van der Waals surface area contributed by atoms with E-state index in [1.54, 1.807) is 36.4 Å². The molecule has 0 fully saturated rings. The first-order valence-electron chi connectivity index (χ1n) is 9.11. The van der Waals surface area contributed by atoms with Crippen LogP contribution in [0.4, 0.5) is 0 Å². The third-order valence-corrected chi connectivity index (χ3v) is 5.30. The fourth-order valence-corrected chi connectivity index (χ4v) is 3.41. The van der Waals surface area contributed by atoms with Crippen LogP contribution in [0.1, 0.15) is 15.9 Å². The van der Waals surface area contributed by atoms with Gasteiger partial charge in [0.05, 0.1) is 34.4 Å². The second-order valence-electron chi connectivity index (χ2n) is 6.52. The molecule has 0 radical (unpaired) electrons. The van der Waals surface area contributed by atoms with Gasteiger partial charge in [-0.05, 0) is 42.5 Å². The molecule has 0 aliphatic carbocycles. The van der Waals surface area contributed by atoms with Gasteiger partial charge in [-0.3, -0.25) is 4.79 Å². The van der Waals surface area contributed by atoms with E-state index in [0.29, 0.717) is 33.0 Å². The SMILES string of the molecule is COc1ccc(/C=N/NC(=O)c2ccc3nc(-c4ccccc4Cl)[nH]c3c2)c(Cl)c1O. The number of nitrogens with zero attached hydrogens (tertiary/aromatic N) is 2. The van der Waals surface area contributed by atoms with E-state index in [2.05, 4.69) is 20.5 Å². The maximum Gasteiger partial charge on any atom is 0.271 e. The molecule has 9 heteroatoms. The number of hydrogen-bond acceptors (Lipinski definition) is 5. The van der Waals surface area contributed by atoms with Gasteiger partial charge < -0.3 is 14.8 Å². The average Bonchev–Trinajstić information content (AvgIpc) is 3.20. The van der Waals surface area contributed by atoms with Gasteiger partial charge in [0, 0.05) is 16.7 Å². The summed E-state index contributed by atoms with van der Waals surface area (Å²) in [7, 11) is 1.42. The number of imidazole rings is 1. The predicted octanol–water partition coefficient (Wildman–Crippen LogP) is 5.01. The van der Waals surface area contributed by atoms with Gasteiger partial charge >= 0.3 is 0 Å². The maximum atomic E-state index is 12.5. The Hall–Kier alpha value is -3.55. The van der Waals surface area contributed by atoms with Crippen molar-refractivity contribution in [3.05, 3.63) is 75.8 Å². The minimum absolute atomic E-state index is 0.0725. The molecule has 3 aromatic carbocycles. The Labute approximate surface area is 187 Å². The number of carbonyl (C=O) groups excluding carboxylic acids is 1. The summed E-state index contributed by atoms with van der Waals surface area (Å²) >= 11 is 12.3. The summed E-state index contributed by atoms with van der Waals surface area (Å²) in [5, 5.41) is 14.5. The number of phenols is 1. The molecule has 4 aromatic rings. The Morgan fingerprint density at radius 3 is 2.77 bits per heavy atom. The highest BCUT2D eigenvalue weighted by Crippen LogP contribution is 2.35. The Morgan fingerprint density at radius 1 is 1.19 bits per heavy atom. The lowest BCUT2D eigenvalue weighted by Gasteiger charge is -2.06.